The van der Waals surface area contributed by atoms with Crippen molar-refractivity contribution in [3.63, 3.8) is 0 Å². The van der Waals surface area contributed by atoms with Gasteiger partial charge in [-0.15, -0.1) is 0 Å². The SMILES string of the molecule is NCCOCC(=O)N(Cc1c(F)cccc1Cl)C1CC1. The Labute approximate surface area is 122 Å². The summed E-state index contributed by atoms with van der Waals surface area (Å²) in [6.45, 7) is 0.862. The average molecular weight is 301 g/mol. The van der Waals surface area contributed by atoms with E-state index in [2.05, 4.69) is 0 Å². The predicted molar refractivity (Wildman–Crippen MR) is 74.9 cm³/mol. The van der Waals surface area contributed by atoms with E-state index in [1.165, 1.54) is 6.07 Å². The van der Waals surface area contributed by atoms with Crippen LogP contribution in [0.4, 0.5) is 4.39 Å². The van der Waals surface area contributed by atoms with E-state index < -0.39 is 0 Å². The van der Waals surface area contributed by atoms with Crippen molar-refractivity contribution < 1.29 is 13.9 Å². The summed E-state index contributed by atoms with van der Waals surface area (Å²) in [7, 11) is 0. The number of carbonyl (C=O) groups excluding carboxylic acids is 1. The number of nitrogens with zero attached hydrogens (tertiary/aromatic N) is 1. The van der Waals surface area contributed by atoms with Crippen molar-refractivity contribution in [2.75, 3.05) is 19.8 Å². The van der Waals surface area contributed by atoms with Gasteiger partial charge in [-0.2, -0.15) is 0 Å². The number of amides is 1. The fourth-order valence-corrected chi connectivity index (χ4v) is 2.21. The molecule has 2 rings (SSSR count). The van der Waals surface area contributed by atoms with Gasteiger partial charge in [-0.1, -0.05) is 17.7 Å². The molecule has 0 atom stereocenters. The highest BCUT2D eigenvalue weighted by Gasteiger charge is 2.33. The van der Waals surface area contributed by atoms with Gasteiger partial charge in [0.2, 0.25) is 5.91 Å². The van der Waals surface area contributed by atoms with Gasteiger partial charge in [-0.25, -0.2) is 4.39 Å². The molecule has 1 aliphatic rings. The summed E-state index contributed by atoms with van der Waals surface area (Å²) in [5.41, 5.74) is 5.66. The molecule has 0 heterocycles. The molecule has 0 bridgehead atoms. The molecule has 1 amide bonds. The lowest BCUT2D eigenvalue weighted by atomic mass is 10.2. The first-order valence-corrected chi connectivity index (χ1v) is 7.01. The molecule has 1 aromatic carbocycles. The standard InChI is InChI=1S/C14H18ClFN2O2/c15-12-2-1-3-13(16)11(12)8-18(10-4-5-10)14(19)9-20-7-6-17/h1-3,10H,4-9,17H2. The Kier molecular flexibility index (Phi) is 5.34. The van der Waals surface area contributed by atoms with E-state index in [0.29, 0.717) is 23.7 Å². The van der Waals surface area contributed by atoms with E-state index in [-0.39, 0.29) is 30.9 Å². The molecule has 1 aromatic rings. The molecule has 110 valence electrons. The number of hydrogen-bond donors (Lipinski definition) is 1. The maximum Gasteiger partial charge on any atom is 0.249 e. The van der Waals surface area contributed by atoms with E-state index in [1.54, 1.807) is 17.0 Å². The summed E-state index contributed by atoms with van der Waals surface area (Å²) < 4.78 is 19.0. The topological polar surface area (TPSA) is 55.6 Å². The summed E-state index contributed by atoms with van der Waals surface area (Å²) in [6, 6.07) is 4.69. The molecular formula is C14H18ClFN2O2. The van der Waals surface area contributed by atoms with Crippen LogP contribution in [0.5, 0.6) is 0 Å². The van der Waals surface area contributed by atoms with Crippen LogP contribution in [0.3, 0.4) is 0 Å². The molecule has 6 heteroatoms. The lowest BCUT2D eigenvalue weighted by Crippen LogP contribution is -2.36. The van der Waals surface area contributed by atoms with Crippen LogP contribution in [0.15, 0.2) is 18.2 Å². The van der Waals surface area contributed by atoms with Gasteiger partial charge in [-0.3, -0.25) is 4.79 Å². The van der Waals surface area contributed by atoms with Crippen molar-refractivity contribution in [2.24, 2.45) is 5.73 Å². The van der Waals surface area contributed by atoms with Gasteiger partial charge < -0.3 is 15.4 Å². The van der Waals surface area contributed by atoms with Crippen molar-refractivity contribution >= 4 is 17.5 Å². The van der Waals surface area contributed by atoms with Gasteiger partial charge in [0.25, 0.3) is 0 Å². The molecule has 1 saturated carbocycles. The van der Waals surface area contributed by atoms with Crippen LogP contribution >= 0.6 is 11.6 Å². The van der Waals surface area contributed by atoms with E-state index in [1.807, 2.05) is 0 Å². The summed E-state index contributed by atoms with van der Waals surface area (Å²) in [5.74, 6) is -0.543. The highest BCUT2D eigenvalue weighted by Crippen LogP contribution is 2.30. The number of carbonyl (C=O) groups is 1. The monoisotopic (exact) mass is 300 g/mol. The minimum Gasteiger partial charge on any atom is -0.370 e. The second kappa shape index (κ2) is 7.02. The molecule has 0 spiro atoms. The molecule has 0 aliphatic heterocycles. The van der Waals surface area contributed by atoms with Crippen molar-refractivity contribution in [3.8, 4) is 0 Å². The molecule has 2 N–H and O–H groups in total. The number of halogens is 2. The van der Waals surface area contributed by atoms with Crippen LogP contribution in [-0.4, -0.2) is 36.6 Å². The second-order valence-electron chi connectivity index (χ2n) is 4.79. The molecule has 1 aliphatic carbocycles. The first kappa shape index (κ1) is 15.2. The van der Waals surface area contributed by atoms with Gasteiger partial charge in [0, 0.05) is 23.2 Å². The number of hydrogen-bond acceptors (Lipinski definition) is 3. The van der Waals surface area contributed by atoms with Gasteiger partial charge in [0.1, 0.15) is 12.4 Å². The molecule has 1 fully saturated rings. The van der Waals surface area contributed by atoms with Gasteiger partial charge in [-0.05, 0) is 25.0 Å². The van der Waals surface area contributed by atoms with Gasteiger partial charge in [0.05, 0.1) is 13.2 Å². The Morgan fingerprint density at radius 3 is 2.85 bits per heavy atom. The minimum absolute atomic E-state index is 0.0280. The van der Waals surface area contributed by atoms with Crippen molar-refractivity contribution in [3.05, 3.63) is 34.6 Å². The quantitative estimate of drug-likeness (QED) is 0.783. The van der Waals surface area contributed by atoms with E-state index >= 15 is 0 Å². The summed E-state index contributed by atoms with van der Waals surface area (Å²) in [5, 5.41) is 0.339. The largest absolute Gasteiger partial charge is 0.370 e. The maximum absolute atomic E-state index is 13.8. The Hall–Kier alpha value is -1.17. The highest BCUT2D eigenvalue weighted by molar-refractivity contribution is 6.31. The summed E-state index contributed by atoms with van der Waals surface area (Å²) in [4.78, 5) is 13.8. The Balaban J connectivity index is 2.04. The highest BCUT2D eigenvalue weighted by atomic mass is 35.5. The number of rotatable bonds is 7. The molecule has 0 unspecified atom stereocenters. The lowest BCUT2D eigenvalue weighted by Gasteiger charge is -2.23. The van der Waals surface area contributed by atoms with Crippen LogP contribution in [0.2, 0.25) is 5.02 Å². The molecule has 0 aromatic heterocycles. The number of nitrogens with two attached hydrogens (primary N) is 1. The third-order valence-corrected chi connectivity index (χ3v) is 3.54. The lowest BCUT2D eigenvalue weighted by molar-refractivity contribution is -0.137. The summed E-state index contributed by atoms with van der Waals surface area (Å²) >= 11 is 6.00. The van der Waals surface area contributed by atoms with Crippen LogP contribution in [0, 0.1) is 5.82 Å². The zero-order chi connectivity index (χ0) is 14.5. The van der Waals surface area contributed by atoms with Crippen molar-refractivity contribution in [1.82, 2.24) is 4.90 Å². The Morgan fingerprint density at radius 1 is 1.50 bits per heavy atom. The summed E-state index contributed by atoms with van der Waals surface area (Å²) in [6.07, 6.45) is 1.88. The third-order valence-electron chi connectivity index (χ3n) is 3.19. The average Bonchev–Trinajstić information content (AvgIpc) is 3.23. The van der Waals surface area contributed by atoms with Gasteiger partial charge in [0.15, 0.2) is 0 Å². The fraction of sp³-hybridized carbons (Fsp3) is 0.500. The van der Waals surface area contributed by atoms with E-state index in [4.69, 9.17) is 22.1 Å². The van der Waals surface area contributed by atoms with Crippen LogP contribution in [-0.2, 0) is 16.1 Å². The Morgan fingerprint density at radius 2 is 2.25 bits per heavy atom. The molecule has 0 saturated heterocycles. The van der Waals surface area contributed by atoms with Crippen LogP contribution in [0.1, 0.15) is 18.4 Å². The molecule has 0 radical (unpaired) electrons. The third kappa shape index (κ3) is 3.91. The fourth-order valence-electron chi connectivity index (χ4n) is 1.99. The van der Waals surface area contributed by atoms with Crippen molar-refractivity contribution in [2.45, 2.75) is 25.4 Å². The van der Waals surface area contributed by atoms with Crippen LogP contribution < -0.4 is 5.73 Å². The molecule has 4 nitrogen and oxygen atoms in total. The van der Waals surface area contributed by atoms with E-state index in [9.17, 15) is 9.18 Å². The van der Waals surface area contributed by atoms with Crippen LogP contribution in [0.25, 0.3) is 0 Å². The normalized spacial score (nSPS) is 14.3. The number of benzene rings is 1. The maximum atomic E-state index is 13.8. The first-order valence-electron chi connectivity index (χ1n) is 6.63. The minimum atomic E-state index is -0.390. The zero-order valence-electron chi connectivity index (χ0n) is 11.1. The smallest absolute Gasteiger partial charge is 0.249 e. The zero-order valence-corrected chi connectivity index (χ0v) is 11.9. The molecule has 20 heavy (non-hydrogen) atoms. The van der Waals surface area contributed by atoms with Gasteiger partial charge >= 0.3 is 0 Å². The first-order chi connectivity index (χ1) is 9.63. The molecular weight excluding hydrogens is 283 g/mol. The Bertz CT molecular complexity index is 460. The second-order valence-corrected chi connectivity index (χ2v) is 5.20. The number of ether oxygens (including phenoxy) is 1. The van der Waals surface area contributed by atoms with E-state index in [0.717, 1.165) is 12.8 Å². The predicted octanol–water partition coefficient (Wildman–Crippen LogP) is 1.95. The van der Waals surface area contributed by atoms with Crippen molar-refractivity contribution in [1.29, 1.82) is 0 Å².